The second-order valence-electron chi connectivity index (χ2n) is 6.53. The van der Waals surface area contributed by atoms with Crippen LogP contribution in [0.3, 0.4) is 0 Å². The van der Waals surface area contributed by atoms with Gasteiger partial charge in [0.15, 0.2) is 0 Å². The van der Waals surface area contributed by atoms with Crippen LogP contribution in [-0.2, 0) is 4.79 Å². The van der Waals surface area contributed by atoms with Gasteiger partial charge in [0, 0.05) is 11.1 Å². The van der Waals surface area contributed by atoms with Crippen molar-refractivity contribution < 1.29 is 9.59 Å². The molecule has 2 amide bonds. The summed E-state index contributed by atoms with van der Waals surface area (Å²) in [4.78, 5) is 25.1. The topological polar surface area (TPSA) is 58.2 Å². The van der Waals surface area contributed by atoms with Gasteiger partial charge in [-0.1, -0.05) is 66.2 Å². The van der Waals surface area contributed by atoms with Crippen LogP contribution in [0.2, 0.25) is 5.02 Å². The Morgan fingerprint density at radius 3 is 2.28 bits per heavy atom. The van der Waals surface area contributed by atoms with Gasteiger partial charge < -0.3 is 10.6 Å². The molecule has 0 radical (unpaired) electrons. The molecule has 0 bridgehead atoms. The van der Waals surface area contributed by atoms with Crippen molar-refractivity contribution in [2.45, 2.75) is 13.0 Å². The minimum atomic E-state index is -0.323. The van der Waals surface area contributed by atoms with Gasteiger partial charge in [-0.3, -0.25) is 9.59 Å². The third-order valence-electron chi connectivity index (χ3n) is 4.37. The van der Waals surface area contributed by atoms with Crippen LogP contribution in [-0.4, -0.2) is 11.8 Å². The average molecular weight is 405 g/mol. The molecule has 146 valence electrons. The first kappa shape index (κ1) is 20.4. The minimum absolute atomic E-state index is 0.155. The zero-order chi connectivity index (χ0) is 20.6. The fourth-order valence-corrected chi connectivity index (χ4v) is 2.94. The van der Waals surface area contributed by atoms with Gasteiger partial charge in [0.1, 0.15) is 0 Å². The fraction of sp³-hybridized carbons (Fsp3) is 0.0833. The third-order valence-corrected chi connectivity index (χ3v) is 4.63. The number of carbonyl (C=O) groups is 2. The monoisotopic (exact) mass is 404 g/mol. The van der Waals surface area contributed by atoms with Gasteiger partial charge in [-0.15, -0.1) is 0 Å². The molecule has 2 N–H and O–H groups in total. The Balaban J connectivity index is 1.68. The molecule has 4 nitrogen and oxygen atoms in total. The van der Waals surface area contributed by atoms with Crippen LogP contribution in [0, 0.1) is 0 Å². The smallest absolute Gasteiger partial charge is 0.253 e. The highest BCUT2D eigenvalue weighted by atomic mass is 35.5. The molecule has 0 aromatic heterocycles. The Hall–Kier alpha value is -3.37. The third kappa shape index (κ3) is 5.80. The maximum atomic E-state index is 12.7. The number of halogens is 1. The van der Waals surface area contributed by atoms with E-state index in [0.717, 1.165) is 11.1 Å². The maximum absolute atomic E-state index is 12.7. The van der Waals surface area contributed by atoms with Crippen molar-refractivity contribution in [2.75, 3.05) is 5.32 Å². The van der Waals surface area contributed by atoms with Gasteiger partial charge in [0.05, 0.1) is 17.3 Å². The van der Waals surface area contributed by atoms with E-state index in [-0.39, 0.29) is 17.9 Å². The first-order chi connectivity index (χ1) is 14.0. The van der Waals surface area contributed by atoms with Crippen LogP contribution in [0.25, 0.3) is 6.08 Å². The molecule has 5 heteroatoms. The van der Waals surface area contributed by atoms with Crippen LogP contribution in [0.15, 0.2) is 84.9 Å². The van der Waals surface area contributed by atoms with Gasteiger partial charge in [0.2, 0.25) is 5.91 Å². The standard InChI is InChI=1S/C24H21ClN2O2/c1-17(19-7-3-2-4-8-19)26-24(29)21-9-5-6-10-22(21)27-23(28)16-13-18-11-14-20(25)15-12-18/h2-17H,1H3,(H,26,29)(H,27,28)/b16-13+/t17-/m0/s1. The molecule has 3 aromatic carbocycles. The van der Waals surface area contributed by atoms with Gasteiger partial charge in [0.25, 0.3) is 5.91 Å². The Bertz CT molecular complexity index is 1010. The number of carbonyl (C=O) groups excluding carboxylic acids is 2. The zero-order valence-electron chi connectivity index (χ0n) is 15.9. The lowest BCUT2D eigenvalue weighted by molar-refractivity contribution is -0.111. The quantitative estimate of drug-likeness (QED) is 0.534. The Morgan fingerprint density at radius 1 is 0.897 bits per heavy atom. The van der Waals surface area contributed by atoms with Crippen LogP contribution < -0.4 is 10.6 Å². The van der Waals surface area contributed by atoms with E-state index in [0.29, 0.717) is 16.3 Å². The number of rotatable bonds is 6. The van der Waals surface area contributed by atoms with Gasteiger partial charge in [-0.2, -0.15) is 0 Å². The second kappa shape index (κ2) is 9.71. The molecule has 0 aliphatic carbocycles. The first-order valence-corrected chi connectivity index (χ1v) is 9.60. The van der Waals surface area contributed by atoms with Crippen LogP contribution >= 0.6 is 11.6 Å². The molecule has 0 aliphatic heterocycles. The molecule has 0 spiro atoms. The molecular formula is C24H21ClN2O2. The lowest BCUT2D eigenvalue weighted by Crippen LogP contribution is -2.27. The second-order valence-corrected chi connectivity index (χ2v) is 6.96. The summed E-state index contributed by atoms with van der Waals surface area (Å²) in [6.07, 6.45) is 3.11. The lowest BCUT2D eigenvalue weighted by atomic mass is 10.1. The van der Waals surface area contributed by atoms with Crippen LogP contribution in [0.1, 0.15) is 34.5 Å². The number of hydrogen-bond donors (Lipinski definition) is 2. The SMILES string of the molecule is C[C@H](NC(=O)c1ccccc1NC(=O)/C=C/c1ccc(Cl)cc1)c1ccccc1. The molecule has 0 fully saturated rings. The van der Waals surface area contributed by atoms with E-state index >= 15 is 0 Å². The Kier molecular flexibility index (Phi) is 6.82. The molecule has 0 heterocycles. The number of nitrogens with one attached hydrogen (secondary N) is 2. The molecule has 3 aromatic rings. The largest absolute Gasteiger partial charge is 0.345 e. The minimum Gasteiger partial charge on any atom is -0.345 e. The van der Waals surface area contributed by atoms with Crippen molar-refractivity contribution in [1.29, 1.82) is 0 Å². The summed E-state index contributed by atoms with van der Waals surface area (Å²) in [7, 11) is 0. The number of anilines is 1. The van der Waals surface area contributed by atoms with Crippen molar-refractivity contribution >= 4 is 35.2 Å². The van der Waals surface area contributed by atoms with Crippen molar-refractivity contribution in [2.24, 2.45) is 0 Å². The molecule has 0 saturated carbocycles. The van der Waals surface area contributed by atoms with Gasteiger partial charge in [-0.25, -0.2) is 0 Å². The predicted molar refractivity (Wildman–Crippen MR) is 118 cm³/mol. The molecular weight excluding hydrogens is 384 g/mol. The fourth-order valence-electron chi connectivity index (χ4n) is 2.81. The highest BCUT2D eigenvalue weighted by Gasteiger charge is 2.15. The maximum Gasteiger partial charge on any atom is 0.253 e. The summed E-state index contributed by atoms with van der Waals surface area (Å²) >= 11 is 5.86. The predicted octanol–water partition coefficient (Wildman–Crippen LogP) is 5.48. The average Bonchev–Trinajstić information content (AvgIpc) is 2.74. The van der Waals surface area contributed by atoms with E-state index in [1.165, 1.54) is 6.08 Å². The van der Waals surface area contributed by atoms with E-state index < -0.39 is 0 Å². The zero-order valence-corrected chi connectivity index (χ0v) is 16.7. The molecule has 29 heavy (non-hydrogen) atoms. The van der Waals surface area contributed by atoms with E-state index in [9.17, 15) is 9.59 Å². The highest BCUT2D eigenvalue weighted by Crippen LogP contribution is 2.18. The van der Waals surface area contributed by atoms with E-state index in [1.54, 1.807) is 42.5 Å². The van der Waals surface area contributed by atoms with Crippen LogP contribution in [0.4, 0.5) is 5.69 Å². The molecule has 0 saturated heterocycles. The summed E-state index contributed by atoms with van der Waals surface area (Å²) in [5.74, 6) is -0.574. The van der Waals surface area contributed by atoms with Crippen molar-refractivity contribution in [3.05, 3.63) is 107 Å². The summed E-state index contributed by atoms with van der Waals surface area (Å²) < 4.78 is 0. The normalized spacial score (nSPS) is 11.8. The Labute approximate surface area is 175 Å². The van der Waals surface area contributed by atoms with Crippen molar-refractivity contribution in [3.8, 4) is 0 Å². The molecule has 3 rings (SSSR count). The number of para-hydroxylation sites is 1. The summed E-state index contributed by atoms with van der Waals surface area (Å²) in [6, 6.07) is 23.6. The number of hydrogen-bond acceptors (Lipinski definition) is 2. The van der Waals surface area contributed by atoms with Crippen molar-refractivity contribution in [3.63, 3.8) is 0 Å². The van der Waals surface area contributed by atoms with Gasteiger partial charge >= 0.3 is 0 Å². The first-order valence-electron chi connectivity index (χ1n) is 9.22. The van der Waals surface area contributed by atoms with E-state index in [4.69, 9.17) is 11.6 Å². The summed E-state index contributed by atoms with van der Waals surface area (Å²) in [5, 5.41) is 6.38. The molecule has 1 atom stereocenters. The number of amides is 2. The highest BCUT2D eigenvalue weighted by molar-refractivity contribution is 6.30. The summed E-state index contributed by atoms with van der Waals surface area (Å²) in [6.45, 7) is 1.92. The Morgan fingerprint density at radius 2 is 1.55 bits per heavy atom. The molecule has 0 unspecified atom stereocenters. The number of benzene rings is 3. The van der Waals surface area contributed by atoms with Gasteiger partial charge in [-0.05, 0) is 48.4 Å². The van der Waals surface area contributed by atoms with Crippen LogP contribution in [0.5, 0.6) is 0 Å². The van der Waals surface area contributed by atoms with E-state index in [2.05, 4.69) is 10.6 Å². The lowest BCUT2D eigenvalue weighted by Gasteiger charge is -2.16. The summed E-state index contributed by atoms with van der Waals surface area (Å²) in [5.41, 5.74) is 2.72. The van der Waals surface area contributed by atoms with E-state index in [1.807, 2.05) is 49.4 Å². The molecule has 0 aliphatic rings. The van der Waals surface area contributed by atoms with Crippen molar-refractivity contribution in [1.82, 2.24) is 5.32 Å².